The summed E-state index contributed by atoms with van der Waals surface area (Å²) in [6, 6.07) is 1.58. The first-order valence-corrected chi connectivity index (χ1v) is 8.01. The third-order valence-electron chi connectivity index (χ3n) is 4.05. The van der Waals surface area contributed by atoms with Crippen LogP contribution in [0.5, 0.6) is 0 Å². The number of Topliss-reactive ketones (excluding diaryl/α,β-unsaturated/α-hetero) is 2. The van der Waals surface area contributed by atoms with E-state index in [-0.39, 0.29) is 17.3 Å². The summed E-state index contributed by atoms with van der Waals surface area (Å²) in [5, 5.41) is 0. The molecule has 4 nitrogen and oxygen atoms in total. The summed E-state index contributed by atoms with van der Waals surface area (Å²) in [5.41, 5.74) is 1.29. The molecule has 0 bridgehead atoms. The monoisotopic (exact) mass is 301 g/mol. The van der Waals surface area contributed by atoms with Crippen LogP contribution in [0.4, 0.5) is 0 Å². The molecule has 1 aromatic rings. The average Bonchev–Trinajstić information content (AvgIpc) is 2.55. The normalized spacial score (nSPS) is 14.3. The Balaban J connectivity index is 2.08. The highest BCUT2D eigenvalue weighted by atomic mass is 16.5. The lowest BCUT2D eigenvalue weighted by molar-refractivity contribution is 0.0902. The maximum atomic E-state index is 12.6. The molecule has 0 saturated carbocycles. The van der Waals surface area contributed by atoms with E-state index in [9.17, 15) is 9.59 Å². The zero-order chi connectivity index (χ0) is 15.9. The van der Waals surface area contributed by atoms with Crippen molar-refractivity contribution in [3.63, 3.8) is 0 Å². The van der Waals surface area contributed by atoms with Gasteiger partial charge in [-0.1, -0.05) is 39.0 Å². The lowest BCUT2D eigenvalue weighted by Crippen LogP contribution is -2.23. The van der Waals surface area contributed by atoms with Gasteiger partial charge in [0.25, 0.3) is 0 Å². The fourth-order valence-electron chi connectivity index (χ4n) is 2.82. The van der Waals surface area contributed by atoms with Crippen molar-refractivity contribution in [2.45, 2.75) is 51.9 Å². The third kappa shape index (κ3) is 3.43. The number of hydrogen-bond acceptors (Lipinski definition) is 4. The van der Waals surface area contributed by atoms with Crippen molar-refractivity contribution in [1.29, 1.82) is 0 Å². The molecule has 1 heterocycles. The molecule has 0 aliphatic heterocycles. The van der Waals surface area contributed by atoms with Crippen molar-refractivity contribution in [2.24, 2.45) is 0 Å². The lowest BCUT2D eigenvalue weighted by Gasteiger charge is -2.19. The van der Waals surface area contributed by atoms with E-state index >= 15 is 0 Å². The van der Waals surface area contributed by atoms with Crippen molar-refractivity contribution in [1.82, 2.24) is 4.98 Å². The van der Waals surface area contributed by atoms with Crippen LogP contribution in [-0.2, 0) is 4.74 Å². The highest BCUT2D eigenvalue weighted by Gasteiger charge is 2.32. The van der Waals surface area contributed by atoms with Crippen molar-refractivity contribution in [2.75, 3.05) is 7.11 Å². The third-order valence-corrected chi connectivity index (χ3v) is 4.05. The van der Waals surface area contributed by atoms with Gasteiger partial charge in [-0.2, -0.15) is 0 Å². The van der Waals surface area contributed by atoms with E-state index in [2.05, 4.69) is 11.9 Å². The predicted molar refractivity (Wildman–Crippen MR) is 84.9 cm³/mol. The molecule has 2 rings (SSSR count). The van der Waals surface area contributed by atoms with Crippen LogP contribution in [0.15, 0.2) is 29.8 Å². The van der Waals surface area contributed by atoms with Gasteiger partial charge in [0.1, 0.15) is 0 Å². The number of hydrogen-bond donors (Lipinski definition) is 0. The van der Waals surface area contributed by atoms with Crippen LogP contribution in [-0.4, -0.2) is 23.7 Å². The molecule has 0 unspecified atom stereocenters. The summed E-state index contributed by atoms with van der Waals surface area (Å²) >= 11 is 0. The maximum Gasteiger partial charge on any atom is 0.228 e. The lowest BCUT2D eigenvalue weighted by atomic mass is 9.87. The summed E-state index contributed by atoms with van der Waals surface area (Å²) in [6.45, 7) is 2.19. The van der Waals surface area contributed by atoms with Gasteiger partial charge in [-0.15, -0.1) is 0 Å². The highest BCUT2D eigenvalue weighted by Crippen LogP contribution is 2.29. The molecular formula is C18H23NO3. The van der Waals surface area contributed by atoms with E-state index in [1.165, 1.54) is 45.2 Å². The molecular weight excluding hydrogens is 278 g/mol. The Morgan fingerprint density at radius 2 is 1.73 bits per heavy atom. The fourth-order valence-corrected chi connectivity index (χ4v) is 2.82. The first-order chi connectivity index (χ1) is 10.7. The first kappa shape index (κ1) is 16.4. The van der Waals surface area contributed by atoms with Crippen LogP contribution >= 0.6 is 0 Å². The second-order valence-electron chi connectivity index (χ2n) is 5.61. The molecule has 0 N–H and O–H groups in total. The molecule has 1 aliphatic carbocycles. The summed E-state index contributed by atoms with van der Waals surface area (Å²) < 4.78 is 5.23. The van der Waals surface area contributed by atoms with E-state index in [0.29, 0.717) is 23.1 Å². The van der Waals surface area contributed by atoms with E-state index in [1.54, 1.807) is 6.07 Å². The van der Waals surface area contributed by atoms with Crippen LogP contribution in [0.2, 0.25) is 0 Å². The van der Waals surface area contributed by atoms with Crippen molar-refractivity contribution >= 4 is 11.6 Å². The van der Waals surface area contributed by atoms with Gasteiger partial charge in [-0.05, 0) is 18.9 Å². The molecule has 0 spiro atoms. The van der Waals surface area contributed by atoms with Crippen LogP contribution in [0.25, 0.3) is 0 Å². The zero-order valence-electron chi connectivity index (χ0n) is 13.4. The molecule has 0 fully saturated rings. The molecule has 0 radical (unpaired) electrons. The number of carbonyl (C=O) groups excluding carboxylic acids is 2. The van der Waals surface area contributed by atoms with Crippen molar-refractivity contribution in [3.8, 4) is 0 Å². The van der Waals surface area contributed by atoms with E-state index in [0.717, 1.165) is 12.8 Å². The molecule has 118 valence electrons. The van der Waals surface area contributed by atoms with E-state index in [1.807, 2.05) is 0 Å². The quantitative estimate of drug-likeness (QED) is 0.678. The number of ketones is 2. The molecule has 0 amide bonds. The fraction of sp³-hybridized carbons (Fsp3) is 0.500. The average molecular weight is 301 g/mol. The van der Waals surface area contributed by atoms with Gasteiger partial charge in [-0.3, -0.25) is 14.6 Å². The van der Waals surface area contributed by atoms with Crippen LogP contribution < -0.4 is 0 Å². The van der Waals surface area contributed by atoms with Gasteiger partial charge >= 0.3 is 0 Å². The van der Waals surface area contributed by atoms with Crippen molar-refractivity contribution in [3.05, 3.63) is 40.9 Å². The van der Waals surface area contributed by atoms with Gasteiger partial charge < -0.3 is 4.74 Å². The van der Waals surface area contributed by atoms with Crippen molar-refractivity contribution < 1.29 is 14.3 Å². The minimum Gasteiger partial charge on any atom is -0.492 e. The molecule has 4 heteroatoms. The number of allylic oxidation sites excluding steroid dienone is 2. The topological polar surface area (TPSA) is 56.3 Å². The SMILES string of the molecule is CCCCCCCCC1=C(OC)C(=O)c2ccncc2C1=O. The number of pyridine rings is 1. The standard InChI is InChI=1S/C18H23NO3/c1-3-4-5-6-7-8-9-14-16(20)15-12-19-11-10-13(15)17(21)18(14)22-2/h10-12H,3-9H2,1-2H3. The van der Waals surface area contributed by atoms with Gasteiger partial charge in [0.2, 0.25) is 5.78 Å². The Hall–Kier alpha value is -1.97. The first-order valence-electron chi connectivity index (χ1n) is 8.01. The molecule has 22 heavy (non-hydrogen) atoms. The Bertz CT molecular complexity index is 590. The van der Waals surface area contributed by atoms with E-state index in [4.69, 9.17) is 4.74 Å². The second kappa shape index (κ2) is 7.87. The minimum absolute atomic E-state index is 0.117. The predicted octanol–water partition coefficient (Wildman–Crippen LogP) is 4.11. The van der Waals surface area contributed by atoms with Gasteiger partial charge in [0.15, 0.2) is 11.5 Å². The Labute approximate surface area is 131 Å². The number of aromatic nitrogens is 1. The molecule has 1 aromatic heterocycles. The molecule has 0 atom stereocenters. The number of ether oxygens (including phenoxy) is 1. The minimum atomic E-state index is -0.208. The number of nitrogens with zero attached hydrogens (tertiary/aromatic N) is 1. The largest absolute Gasteiger partial charge is 0.492 e. The van der Waals surface area contributed by atoms with Crippen LogP contribution in [0, 0.1) is 0 Å². The smallest absolute Gasteiger partial charge is 0.228 e. The Morgan fingerprint density at radius 3 is 2.45 bits per heavy atom. The maximum absolute atomic E-state index is 12.6. The van der Waals surface area contributed by atoms with Gasteiger partial charge in [-0.25, -0.2) is 0 Å². The summed E-state index contributed by atoms with van der Waals surface area (Å²) in [7, 11) is 1.45. The van der Waals surface area contributed by atoms with Crippen LogP contribution in [0.3, 0.4) is 0 Å². The van der Waals surface area contributed by atoms with E-state index < -0.39 is 0 Å². The van der Waals surface area contributed by atoms with Gasteiger partial charge in [0.05, 0.1) is 12.7 Å². The number of unbranched alkanes of at least 4 members (excludes halogenated alkanes) is 5. The Morgan fingerprint density at radius 1 is 1.00 bits per heavy atom. The second-order valence-corrected chi connectivity index (χ2v) is 5.61. The molecule has 0 aromatic carbocycles. The highest BCUT2D eigenvalue weighted by molar-refractivity contribution is 6.25. The number of fused-ring (bicyclic) bond motifs is 1. The number of rotatable bonds is 8. The summed E-state index contributed by atoms with van der Waals surface area (Å²) in [6.07, 6.45) is 10.4. The molecule has 0 saturated heterocycles. The number of carbonyl (C=O) groups is 2. The Kier molecular flexibility index (Phi) is 5.87. The van der Waals surface area contributed by atoms with Crippen LogP contribution in [0.1, 0.15) is 72.6 Å². The molecule has 1 aliphatic rings. The number of methoxy groups -OCH3 is 1. The summed E-state index contributed by atoms with van der Waals surface area (Å²) in [4.78, 5) is 28.9. The zero-order valence-corrected chi connectivity index (χ0v) is 13.4. The summed E-state index contributed by atoms with van der Waals surface area (Å²) in [5.74, 6) is -0.120. The van der Waals surface area contributed by atoms with Gasteiger partial charge in [0, 0.05) is 23.5 Å².